The van der Waals surface area contributed by atoms with Gasteiger partial charge in [-0.15, -0.1) is 6.58 Å². The van der Waals surface area contributed by atoms with Crippen LogP contribution in [0.25, 0.3) is 0 Å². The van der Waals surface area contributed by atoms with Gasteiger partial charge in [0.05, 0.1) is 6.10 Å². The Morgan fingerprint density at radius 3 is 2.22 bits per heavy atom. The molecule has 0 saturated heterocycles. The molecule has 0 aliphatic heterocycles. The lowest BCUT2D eigenvalue weighted by Gasteiger charge is -2.25. The molecule has 1 N–H and O–H groups in total. The van der Waals surface area contributed by atoms with E-state index in [1.165, 1.54) is 16.7 Å². The molecule has 0 aliphatic rings. The third-order valence-electron chi connectivity index (χ3n) is 3.95. The van der Waals surface area contributed by atoms with E-state index in [-0.39, 0.29) is 6.10 Å². The van der Waals surface area contributed by atoms with Crippen LogP contribution in [0, 0.1) is 6.92 Å². The van der Waals surface area contributed by atoms with Crippen molar-refractivity contribution in [3.63, 3.8) is 0 Å². The van der Waals surface area contributed by atoms with E-state index in [9.17, 15) is 5.11 Å². The standard InChI is InChI=1S/C21H27NO/c1-3-4-10-21(23)17-22(15-19-8-6-5-7-9-19)16-20-13-11-18(2)12-14-20/h3,5-9,11-14,21,23H,1,4,10,15-17H2,2H3/t21-/m1/s1. The fourth-order valence-corrected chi connectivity index (χ4v) is 2.68. The van der Waals surface area contributed by atoms with Crippen LogP contribution >= 0.6 is 0 Å². The summed E-state index contributed by atoms with van der Waals surface area (Å²) in [7, 11) is 0. The van der Waals surface area contributed by atoms with Crippen molar-refractivity contribution in [2.24, 2.45) is 0 Å². The Kier molecular flexibility index (Phi) is 7.05. The average Bonchev–Trinajstić information content (AvgIpc) is 2.56. The number of rotatable bonds is 9. The monoisotopic (exact) mass is 309 g/mol. The van der Waals surface area contributed by atoms with Gasteiger partial charge in [-0.3, -0.25) is 4.90 Å². The topological polar surface area (TPSA) is 23.5 Å². The molecule has 0 spiro atoms. The fraction of sp³-hybridized carbons (Fsp3) is 0.333. The quantitative estimate of drug-likeness (QED) is 0.697. The van der Waals surface area contributed by atoms with Crippen molar-refractivity contribution >= 4 is 0 Å². The highest BCUT2D eigenvalue weighted by molar-refractivity contribution is 5.21. The smallest absolute Gasteiger partial charge is 0.0670 e. The predicted molar refractivity (Wildman–Crippen MR) is 97.2 cm³/mol. The molecule has 0 amide bonds. The molecule has 0 aromatic heterocycles. The maximum absolute atomic E-state index is 10.3. The summed E-state index contributed by atoms with van der Waals surface area (Å²) in [4.78, 5) is 2.31. The molecule has 0 aliphatic carbocycles. The lowest BCUT2D eigenvalue weighted by atomic mass is 10.1. The molecule has 1 atom stereocenters. The normalized spacial score (nSPS) is 12.3. The van der Waals surface area contributed by atoms with E-state index in [0.717, 1.165) is 25.9 Å². The van der Waals surface area contributed by atoms with E-state index in [2.05, 4.69) is 66.9 Å². The van der Waals surface area contributed by atoms with E-state index < -0.39 is 0 Å². The van der Waals surface area contributed by atoms with Crippen LogP contribution in [0.15, 0.2) is 67.3 Å². The highest BCUT2D eigenvalue weighted by Gasteiger charge is 2.12. The van der Waals surface area contributed by atoms with Gasteiger partial charge in [0.2, 0.25) is 0 Å². The molecule has 0 heterocycles. The van der Waals surface area contributed by atoms with Gasteiger partial charge in [0.1, 0.15) is 0 Å². The number of allylic oxidation sites excluding steroid dienone is 1. The first kappa shape index (κ1) is 17.5. The largest absolute Gasteiger partial charge is 0.392 e. The summed E-state index contributed by atoms with van der Waals surface area (Å²) in [6, 6.07) is 19.1. The first-order chi connectivity index (χ1) is 11.2. The first-order valence-electron chi connectivity index (χ1n) is 8.28. The van der Waals surface area contributed by atoms with E-state index in [4.69, 9.17) is 0 Å². The Balaban J connectivity index is 2.03. The third kappa shape index (κ3) is 6.39. The van der Waals surface area contributed by atoms with Gasteiger partial charge in [0.15, 0.2) is 0 Å². The Morgan fingerprint density at radius 2 is 1.61 bits per heavy atom. The number of aryl methyl sites for hydroxylation is 1. The van der Waals surface area contributed by atoms with Crippen LogP contribution in [0.1, 0.15) is 29.5 Å². The molecule has 2 aromatic carbocycles. The molecule has 23 heavy (non-hydrogen) atoms. The minimum absolute atomic E-state index is 0.317. The average molecular weight is 309 g/mol. The fourth-order valence-electron chi connectivity index (χ4n) is 2.68. The number of hydrogen-bond donors (Lipinski definition) is 1. The molecule has 2 nitrogen and oxygen atoms in total. The Labute approximate surface area is 140 Å². The van der Waals surface area contributed by atoms with Crippen molar-refractivity contribution in [3.05, 3.63) is 83.9 Å². The van der Waals surface area contributed by atoms with E-state index in [0.29, 0.717) is 6.54 Å². The molecule has 2 rings (SSSR count). The molecular weight excluding hydrogens is 282 g/mol. The zero-order valence-electron chi connectivity index (χ0n) is 14.0. The Hall–Kier alpha value is -1.90. The van der Waals surface area contributed by atoms with Crippen LogP contribution in [0.3, 0.4) is 0 Å². The Morgan fingerprint density at radius 1 is 1.00 bits per heavy atom. The second kappa shape index (κ2) is 9.29. The van der Waals surface area contributed by atoms with Crippen LogP contribution in [-0.2, 0) is 13.1 Å². The third-order valence-corrected chi connectivity index (χ3v) is 3.95. The van der Waals surface area contributed by atoms with Gasteiger partial charge in [-0.1, -0.05) is 66.2 Å². The van der Waals surface area contributed by atoms with Crippen LogP contribution in [0.2, 0.25) is 0 Å². The van der Waals surface area contributed by atoms with Crippen LogP contribution in [0.4, 0.5) is 0 Å². The van der Waals surface area contributed by atoms with Crippen molar-refractivity contribution < 1.29 is 5.11 Å². The lowest BCUT2D eigenvalue weighted by molar-refractivity contribution is 0.0984. The molecule has 0 radical (unpaired) electrons. The summed E-state index contributed by atoms with van der Waals surface area (Å²) in [6.07, 6.45) is 3.17. The molecule has 122 valence electrons. The summed E-state index contributed by atoms with van der Waals surface area (Å²) >= 11 is 0. The van der Waals surface area contributed by atoms with E-state index in [1.807, 2.05) is 12.1 Å². The summed E-state index contributed by atoms with van der Waals surface area (Å²) in [5.74, 6) is 0. The Bertz CT molecular complexity index is 577. The molecule has 0 unspecified atom stereocenters. The van der Waals surface area contributed by atoms with Crippen LogP contribution in [-0.4, -0.2) is 22.7 Å². The van der Waals surface area contributed by atoms with Crippen molar-refractivity contribution in [2.45, 2.75) is 39.0 Å². The van der Waals surface area contributed by atoms with Gasteiger partial charge in [-0.05, 0) is 30.9 Å². The number of hydrogen-bond acceptors (Lipinski definition) is 2. The molecule has 2 aromatic rings. The number of nitrogens with zero attached hydrogens (tertiary/aromatic N) is 1. The highest BCUT2D eigenvalue weighted by atomic mass is 16.3. The summed E-state index contributed by atoms with van der Waals surface area (Å²) in [6.45, 7) is 8.20. The van der Waals surface area contributed by atoms with Crippen molar-refractivity contribution in [3.8, 4) is 0 Å². The van der Waals surface area contributed by atoms with Crippen LogP contribution < -0.4 is 0 Å². The van der Waals surface area contributed by atoms with Gasteiger partial charge in [-0.2, -0.15) is 0 Å². The second-order valence-corrected chi connectivity index (χ2v) is 6.16. The van der Waals surface area contributed by atoms with Gasteiger partial charge in [-0.25, -0.2) is 0 Å². The SMILES string of the molecule is C=CCC[C@@H](O)CN(Cc1ccccc1)Cc1ccc(C)cc1. The van der Waals surface area contributed by atoms with Crippen LogP contribution in [0.5, 0.6) is 0 Å². The molecule has 2 heteroatoms. The van der Waals surface area contributed by atoms with Gasteiger partial charge in [0.25, 0.3) is 0 Å². The van der Waals surface area contributed by atoms with Crippen molar-refractivity contribution in [1.82, 2.24) is 4.90 Å². The molecular formula is C21H27NO. The minimum Gasteiger partial charge on any atom is -0.392 e. The predicted octanol–water partition coefficient (Wildman–Crippen LogP) is 4.32. The first-order valence-corrected chi connectivity index (χ1v) is 8.28. The second-order valence-electron chi connectivity index (χ2n) is 6.16. The molecule has 0 bridgehead atoms. The maximum atomic E-state index is 10.3. The van der Waals surface area contributed by atoms with Crippen molar-refractivity contribution in [1.29, 1.82) is 0 Å². The summed E-state index contributed by atoms with van der Waals surface area (Å²) in [5, 5.41) is 10.3. The zero-order chi connectivity index (χ0) is 16.5. The van der Waals surface area contributed by atoms with E-state index >= 15 is 0 Å². The van der Waals surface area contributed by atoms with Crippen molar-refractivity contribution in [2.75, 3.05) is 6.54 Å². The zero-order valence-corrected chi connectivity index (χ0v) is 14.0. The van der Waals surface area contributed by atoms with Gasteiger partial charge >= 0.3 is 0 Å². The lowest BCUT2D eigenvalue weighted by Crippen LogP contribution is -2.31. The molecule has 0 saturated carbocycles. The number of aliphatic hydroxyl groups excluding tert-OH is 1. The number of benzene rings is 2. The highest BCUT2D eigenvalue weighted by Crippen LogP contribution is 2.13. The van der Waals surface area contributed by atoms with Gasteiger partial charge in [0, 0.05) is 19.6 Å². The summed E-state index contributed by atoms with van der Waals surface area (Å²) < 4.78 is 0. The van der Waals surface area contributed by atoms with E-state index in [1.54, 1.807) is 0 Å². The van der Waals surface area contributed by atoms with Gasteiger partial charge < -0.3 is 5.11 Å². The minimum atomic E-state index is -0.317. The number of aliphatic hydroxyl groups is 1. The summed E-state index contributed by atoms with van der Waals surface area (Å²) in [5.41, 5.74) is 3.83. The molecule has 0 fully saturated rings. The maximum Gasteiger partial charge on any atom is 0.0670 e.